The Balaban J connectivity index is 1.05. The van der Waals surface area contributed by atoms with Crippen LogP contribution in [0.1, 0.15) is 87.2 Å². The lowest BCUT2D eigenvalue weighted by atomic mass is 9.88. The fourth-order valence-electron chi connectivity index (χ4n) is 7.62. The molecule has 0 spiro atoms. The zero-order valence-corrected chi connectivity index (χ0v) is 29.2. The lowest BCUT2D eigenvalue weighted by Crippen LogP contribution is -2.46. The van der Waals surface area contributed by atoms with Crippen molar-refractivity contribution < 1.29 is 24.2 Å². The SMILES string of the molecule is Cc1c(C)c2c(c(C)c1OCC(O)CNc1cc[nH]c(=O)c1C1=Nc3cc4c(cc3C1)C(=O)N(C1CCN(C)CC1)C4=O)CCC(C)(C)O2. The maximum absolute atomic E-state index is 13.4. The number of imide groups is 1. The summed E-state index contributed by atoms with van der Waals surface area (Å²) < 4.78 is 12.6. The highest BCUT2D eigenvalue weighted by Crippen LogP contribution is 2.44. The van der Waals surface area contributed by atoms with Crippen LogP contribution in [0.5, 0.6) is 11.5 Å². The lowest BCUT2D eigenvalue weighted by molar-refractivity contribution is 0.0516. The second-order valence-electron chi connectivity index (χ2n) is 14.6. The Labute approximate surface area is 286 Å². The maximum Gasteiger partial charge on any atom is 0.261 e. The number of likely N-dealkylation sites (tertiary alicyclic amines) is 1. The molecule has 2 amide bonds. The van der Waals surface area contributed by atoms with E-state index < -0.39 is 6.10 Å². The zero-order chi connectivity index (χ0) is 34.8. The molecule has 5 heterocycles. The number of hydrogen-bond donors (Lipinski definition) is 3. The maximum atomic E-state index is 13.4. The van der Waals surface area contributed by atoms with Gasteiger partial charge in [-0.3, -0.25) is 24.3 Å². The molecule has 1 atom stereocenters. The number of aromatic nitrogens is 1. The molecule has 0 radical (unpaired) electrons. The molecule has 2 aromatic carbocycles. The molecule has 49 heavy (non-hydrogen) atoms. The summed E-state index contributed by atoms with van der Waals surface area (Å²) in [6, 6.07) is 5.09. The number of carbonyl (C=O) groups is 2. The molecule has 0 aliphatic carbocycles. The van der Waals surface area contributed by atoms with Crippen LogP contribution in [0, 0.1) is 20.8 Å². The molecular weight excluding hydrogens is 622 g/mol. The second kappa shape index (κ2) is 12.4. The number of piperidine rings is 1. The summed E-state index contributed by atoms with van der Waals surface area (Å²) in [5.41, 5.74) is 7.27. The van der Waals surface area contributed by atoms with Gasteiger partial charge in [0, 0.05) is 30.8 Å². The van der Waals surface area contributed by atoms with Crippen molar-refractivity contribution in [3.05, 3.63) is 79.3 Å². The molecule has 11 heteroatoms. The number of fused-ring (bicyclic) bond motifs is 3. The molecule has 11 nitrogen and oxygen atoms in total. The molecule has 0 saturated carbocycles. The number of hydrogen-bond acceptors (Lipinski definition) is 9. The molecule has 4 aliphatic rings. The van der Waals surface area contributed by atoms with Crippen LogP contribution in [0.25, 0.3) is 0 Å². The second-order valence-corrected chi connectivity index (χ2v) is 14.6. The molecule has 1 fully saturated rings. The van der Waals surface area contributed by atoms with E-state index in [-0.39, 0.29) is 42.2 Å². The number of carbonyl (C=O) groups excluding carboxylic acids is 2. The number of aromatic amines is 1. The summed E-state index contributed by atoms with van der Waals surface area (Å²) >= 11 is 0. The molecule has 1 aromatic heterocycles. The lowest BCUT2D eigenvalue weighted by Gasteiger charge is -2.35. The average Bonchev–Trinajstić information content (AvgIpc) is 3.58. The van der Waals surface area contributed by atoms with Crippen LogP contribution in [0.2, 0.25) is 0 Å². The van der Waals surface area contributed by atoms with Crippen molar-refractivity contribution in [3.8, 4) is 11.5 Å². The van der Waals surface area contributed by atoms with E-state index in [0.29, 0.717) is 40.2 Å². The standard InChI is InChI=1S/C38H45N5O6/c1-20-21(2)34-26(7-11-38(4,5)49-34)22(3)33(20)48-19-25(44)18-40-29-8-12-39-35(45)32(29)31-16-23-15-27-28(17-30(23)41-31)37(47)43(36(27)46)24-9-13-42(6)14-10-24/h8,12,15,17,24-25,44H,7,9-11,13-14,16,18-19H2,1-6H3,(H2,39,40,45). The number of nitrogens with zero attached hydrogens (tertiary/aromatic N) is 3. The van der Waals surface area contributed by atoms with Gasteiger partial charge in [0.1, 0.15) is 29.8 Å². The Morgan fingerprint density at radius 3 is 2.53 bits per heavy atom. The summed E-state index contributed by atoms with van der Waals surface area (Å²) in [6.45, 7) is 12.2. The minimum atomic E-state index is -0.868. The van der Waals surface area contributed by atoms with Crippen LogP contribution in [-0.2, 0) is 12.8 Å². The van der Waals surface area contributed by atoms with E-state index in [2.05, 4.69) is 29.0 Å². The summed E-state index contributed by atoms with van der Waals surface area (Å²) in [6.07, 6.45) is 4.36. The number of pyridine rings is 1. The number of anilines is 1. The number of amides is 2. The van der Waals surface area contributed by atoms with Gasteiger partial charge in [-0.2, -0.15) is 0 Å². The van der Waals surface area contributed by atoms with Crippen LogP contribution in [0.3, 0.4) is 0 Å². The third kappa shape index (κ3) is 5.93. The zero-order valence-electron chi connectivity index (χ0n) is 29.2. The minimum Gasteiger partial charge on any atom is -0.490 e. The number of aliphatic imine (C=N–C) groups is 1. The highest BCUT2D eigenvalue weighted by atomic mass is 16.5. The third-order valence-corrected chi connectivity index (χ3v) is 10.6. The topological polar surface area (TPSA) is 137 Å². The minimum absolute atomic E-state index is 0.0619. The van der Waals surface area contributed by atoms with Crippen molar-refractivity contribution in [2.75, 3.05) is 38.6 Å². The first kappa shape index (κ1) is 33.0. The first-order chi connectivity index (χ1) is 23.3. The summed E-state index contributed by atoms with van der Waals surface area (Å²) in [5.74, 6) is 1.18. The van der Waals surface area contributed by atoms with Gasteiger partial charge in [0.05, 0.1) is 33.8 Å². The number of H-pyrrole nitrogens is 1. The van der Waals surface area contributed by atoms with E-state index in [1.54, 1.807) is 24.4 Å². The van der Waals surface area contributed by atoms with Crippen LogP contribution < -0.4 is 20.3 Å². The molecule has 3 aromatic rings. The van der Waals surface area contributed by atoms with Crippen molar-refractivity contribution in [1.29, 1.82) is 0 Å². The monoisotopic (exact) mass is 667 g/mol. The van der Waals surface area contributed by atoms with Crippen molar-refractivity contribution in [3.63, 3.8) is 0 Å². The average molecular weight is 668 g/mol. The number of aliphatic hydroxyl groups excluding tert-OH is 1. The van der Waals surface area contributed by atoms with Crippen molar-refractivity contribution in [2.45, 2.75) is 84.5 Å². The Morgan fingerprint density at radius 1 is 1.08 bits per heavy atom. The van der Waals surface area contributed by atoms with Crippen LogP contribution in [0.15, 0.2) is 34.2 Å². The number of nitrogens with one attached hydrogen (secondary N) is 2. The van der Waals surface area contributed by atoms with Crippen LogP contribution in [0.4, 0.5) is 11.4 Å². The molecule has 7 rings (SSSR count). The van der Waals surface area contributed by atoms with Gasteiger partial charge in [-0.15, -0.1) is 0 Å². The first-order valence-electron chi connectivity index (χ1n) is 17.2. The first-order valence-corrected chi connectivity index (χ1v) is 17.2. The number of rotatable bonds is 8. The van der Waals surface area contributed by atoms with E-state index in [1.807, 2.05) is 27.8 Å². The summed E-state index contributed by atoms with van der Waals surface area (Å²) in [7, 11) is 2.05. The van der Waals surface area contributed by atoms with E-state index >= 15 is 0 Å². The van der Waals surface area contributed by atoms with Crippen LogP contribution in [-0.4, -0.2) is 88.5 Å². The normalized spacial score (nSPS) is 19.2. The van der Waals surface area contributed by atoms with Gasteiger partial charge in [0.2, 0.25) is 0 Å². The van der Waals surface area contributed by atoms with Crippen molar-refractivity contribution >= 4 is 28.9 Å². The van der Waals surface area contributed by atoms with E-state index in [4.69, 9.17) is 14.5 Å². The van der Waals surface area contributed by atoms with Gasteiger partial charge >= 0.3 is 0 Å². The Bertz CT molecular complexity index is 1950. The number of benzene rings is 2. The summed E-state index contributed by atoms with van der Waals surface area (Å²) in [5, 5.41) is 14.2. The highest BCUT2D eigenvalue weighted by Gasteiger charge is 2.42. The Morgan fingerprint density at radius 2 is 1.80 bits per heavy atom. The third-order valence-electron chi connectivity index (χ3n) is 10.6. The molecule has 3 N–H and O–H groups in total. The molecule has 0 bridgehead atoms. The Kier molecular flexibility index (Phi) is 8.39. The van der Waals surface area contributed by atoms with Gasteiger partial charge in [0.15, 0.2) is 0 Å². The van der Waals surface area contributed by atoms with E-state index in [1.165, 1.54) is 4.90 Å². The largest absolute Gasteiger partial charge is 0.490 e. The molecule has 1 unspecified atom stereocenters. The highest BCUT2D eigenvalue weighted by molar-refractivity contribution is 6.22. The summed E-state index contributed by atoms with van der Waals surface area (Å²) in [4.78, 5) is 51.2. The van der Waals surface area contributed by atoms with Gasteiger partial charge in [-0.25, -0.2) is 0 Å². The molecular formula is C38H45N5O6. The van der Waals surface area contributed by atoms with Crippen molar-refractivity contribution in [2.24, 2.45) is 4.99 Å². The van der Waals surface area contributed by atoms with E-state index in [0.717, 1.165) is 78.1 Å². The van der Waals surface area contributed by atoms with Gasteiger partial charge in [-0.05, 0) is 121 Å². The van der Waals surface area contributed by atoms with Gasteiger partial charge < -0.3 is 29.8 Å². The predicted molar refractivity (Wildman–Crippen MR) is 188 cm³/mol. The smallest absolute Gasteiger partial charge is 0.261 e. The fraction of sp³-hybridized carbons (Fsp3) is 0.474. The van der Waals surface area contributed by atoms with Crippen molar-refractivity contribution in [1.82, 2.24) is 14.8 Å². The molecule has 4 aliphatic heterocycles. The number of aliphatic hydroxyl groups is 1. The van der Waals surface area contributed by atoms with Gasteiger partial charge in [-0.1, -0.05) is 0 Å². The molecule has 258 valence electrons. The molecule has 1 saturated heterocycles. The number of ether oxygens (including phenoxy) is 2. The van der Waals surface area contributed by atoms with Gasteiger partial charge in [0.25, 0.3) is 17.4 Å². The van der Waals surface area contributed by atoms with Crippen LogP contribution >= 0.6 is 0 Å². The predicted octanol–water partition coefficient (Wildman–Crippen LogP) is 4.62. The fourth-order valence-corrected chi connectivity index (χ4v) is 7.62. The van der Waals surface area contributed by atoms with E-state index in [9.17, 15) is 19.5 Å². The Hall–Kier alpha value is -4.48. The quantitative estimate of drug-likeness (QED) is 0.296.